The molecule has 0 saturated heterocycles. The molecule has 1 aliphatic carbocycles. The summed E-state index contributed by atoms with van der Waals surface area (Å²) in [5.74, 6) is -2.84. The summed E-state index contributed by atoms with van der Waals surface area (Å²) < 4.78 is 20.3. The zero-order valence-corrected chi connectivity index (χ0v) is 22.5. The van der Waals surface area contributed by atoms with Crippen molar-refractivity contribution < 1.29 is 38.4 Å². The summed E-state index contributed by atoms with van der Waals surface area (Å²) in [4.78, 5) is 36.5. The number of benzene rings is 1. The van der Waals surface area contributed by atoms with Gasteiger partial charge in [0.2, 0.25) is 0 Å². The van der Waals surface area contributed by atoms with Gasteiger partial charge in [-0.05, 0) is 37.6 Å². The maximum atomic E-state index is 13.1. The lowest BCUT2D eigenvalue weighted by Gasteiger charge is -2.38. The average molecular weight is 549 g/mol. The van der Waals surface area contributed by atoms with Gasteiger partial charge in [-0.15, -0.1) is 0 Å². The summed E-state index contributed by atoms with van der Waals surface area (Å²) in [6, 6.07) is 6.58. The highest BCUT2D eigenvalue weighted by atomic mass is 16.6. The number of methoxy groups -OCH3 is 2. The third kappa shape index (κ3) is 7.06. The first-order chi connectivity index (χ1) is 19.1. The molecule has 0 aromatic heterocycles. The third-order valence-corrected chi connectivity index (χ3v) is 5.63. The molecule has 12 nitrogen and oxygen atoms in total. The molecule has 12 heteroatoms. The Balaban J connectivity index is 1.93. The Labute approximate surface area is 231 Å². The minimum absolute atomic E-state index is 0.0324. The van der Waals surface area contributed by atoms with Gasteiger partial charge in [0, 0.05) is 18.6 Å². The average Bonchev–Trinajstić information content (AvgIpc) is 3.31. The molecule has 0 radical (unpaired) electrons. The topological polar surface area (TPSA) is 152 Å². The Morgan fingerprint density at radius 3 is 2.55 bits per heavy atom. The van der Waals surface area contributed by atoms with Crippen LogP contribution in [0.3, 0.4) is 0 Å². The van der Waals surface area contributed by atoms with Crippen LogP contribution in [0.1, 0.15) is 30.6 Å². The van der Waals surface area contributed by atoms with Gasteiger partial charge in [-0.3, -0.25) is 5.01 Å². The van der Waals surface area contributed by atoms with Gasteiger partial charge in [-0.1, -0.05) is 42.0 Å². The summed E-state index contributed by atoms with van der Waals surface area (Å²) in [6.45, 7) is 6.98. The largest absolute Gasteiger partial charge is 0.619 e. The highest BCUT2D eigenvalue weighted by molar-refractivity contribution is 6.37. The predicted molar refractivity (Wildman–Crippen MR) is 145 cm³/mol. The predicted octanol–water partition coefficient (Wildman–Crippen LogP) is 2.11. The number of nitrogens with zero attached hydrogens (tertiary/aromatic N) is 4. The number of esters is 3. The van der Waals surface area contributed by atoms with Gasteiger partial charge in [0.05, 0.1) is 42.7 Å². The molecule has 0 spiro atoms. The maximum absolute atomic E-state index is 13.1. The summed E-state index contributed by atoms with van der Waals surface area (Å²) in [5.41, 5.74) is 0.394. The zero-order chi connectivity index (χ0) is 29.3. The minimum atomic E-state index is -1.09. The molecule has 3 rings (SSSR count). The number of allylic oxidation sites excluding steroid dienone is 5. The van der Waals surface area contributed by atoms with E-state index in [1.807, 2.05) is 6.21 Å². The van der Waals surface area contributed by atoms with E-state index >= 15 is 0 Å². The molecule has 40 heavy (non-hydrogen) atoms. The lowest BCUT2D eigenvalue weighted by molar-refractivity contribution is -0.359. The van der Waals surface area contributed by atoms with Gasteiger partial charge in [0.15, 0.2) is 0 Å². The maximum Gasteiger partial charge on any atom is 0.619 e. The number of carbonyl (C=O) groups excluding carboxylic acids is 3. The monoisotopic (exact) mass is 548 g/mol. The molecule has 0 saturated carbocycles. The fourth-order valence-electron chi connectivity index (χ4n) is 3.70. The van der Waals surface area contributed by atoms with E-state index in [-0.39, 0.29) is 42.2 Å². The van der Waals surface area contributed by atoms with Crippen molar-refractivity contribution >= 4 is 41.2 Å². The summed E-state index contributed by atoms with van der Waals surface area (Å²) in [7, 11) is 2.40. The lowest BCUT2D eigenvalue weighted by Crippen LogP contribution is -2.45. The molecule has 208 valence electrons. The molecule has 1 heterocycles. The Bertz CT molecular complexity index is 1370. The lowest BCUT2D eigenvalue weighted by atomic mass is 9.95. The normalized spacial score (nSPS) is 20.1. The second-order valence-electron chi connectivity index (χ2n) is 8.97. The highest BCUT2D eigenvalue weighted by Crippen LogP contribution is 2.36. The molecule has 1 unspecified atom stereocenters. The van der Waals surface area contributed by atoms with Gasteiger partial charge in [0.1, 0.15) is 17.4 Å². The van der Waals surface area contributed by atoms with Crippen molar-refractivity contribution in [2.45, 2.75) is 25.8 Å². The zero-order valence-electron chi connectivity index (χ0n) is 22.5. The molecule has 0 N–H and O–H groups in total. The third-order valence-electron chi connectivity index (χ3n) is 5.63. The number of ether oxygens (including phenoxy) is 4. The van der Waals surface area contributed by atoms with Crippen LogP contribution < -0.4 is 10.1 Å². The first-order valence-electron chi connectivity index (χ1n) is 12.0. The smallest absolute Gasteiger partial charge is 0.610 e. The summed E-state index contributed by atoms with van der Waals surface area (Å²) in [5, 5.41) is 26.3. The van der Waals surface area contributed by atoms with Gasteiger partial charge in [-0.25, -0.2) is 9.59 Å². The number of anilines is 1. The van der Waals surface area contributed by atoms with Crippen LogP contribution in [0.5, 0.6) is 0 Å². The fourth-order valence-corrected chi connectivity index (χ4v) is 3.70. The van der Waals surface area contributed by atoms with Crippen molar-refractivity contribution in [1.29, 1.82) is 0 Å². The SMILES string of the molecule is C=C(C)COC(=O)c1ccccc1N1N=C(C(=O)OC)CC1(C)CO/C([O-])=C1\C=CC=C\C1=N/N=[C+]C(=O)OC. The van der Waals surface area contributed by atoms with Gasteiger partial charge < -0.3 is 24.1 Å². The molecule has 0 amide bonds. The van der Waals surface area contributed by atoms with Crippen LogP contribution in [0, 0.1) is 0 Å². The van der Waals surface area contributed by atoms with Crippen molar-refractivity contribution in [3.05, 3.63) is 77.8 Å². The van der Waals surface area contributed by atoms with Gasteiger partial charge in [0.25, 0.3) is 0 Å². The molecule has 1 aliphatic heterocycles. The van der Waals surface area contributed by atoms with E-state index in [0.29, 0.717) is 11.3 Å². The fraction of sp³-hybridized carbons (Fsp3) is 0.286. The minimum Gasteiger partial charge on any atom is -0.610 e. The number of hydrazone groups is 1. The summed E-state index contributed by atoms with van der Waals surface area (Å²) in [6.07, 6.45) is 8.31. The van der Waals surface area contributed by atoms with Crippen LogP contribution in [0.15, 0.2) is 87.5 Å². The quantitative estimate of drug-likeness (QED) is 0.0814. The van der Waals surface area contributed by atoms with Crippen molar-refractivity contribution in [3.8, 4) is 0 Å². The Morgan fingerprint density at radius 1 is 1.12 bits per heavy atom. The van der Waals surface area contributed by atoms with E-state index in [1.54, 1.807) is 50.3 Å². The highest BCUT2D eigenvalue weighted by Gasteiger charge is 2.42. The molecule has 0 bridgehead atoms. The summed E-state index contributed by atoms with van der Waals surface area (Å²) >= 11 is 0. The van der Waals surface area contributed by atoms with Gasteiger partial charge >= 0.3 is 24.1 Å². The number of para-hydroxylation sites is 1. The van der Waals surface area contributed by atoms with E-state index in [4.69, 9.17) is 14.2 Å². The molecular weight excluding hydrogens is 520 g/mol. The van der Waals surface area contributed by atoms with E-state index in [0.717, 1.165) is 0 Å². The Morgan fingerprint density at radius 2 is 1.85 bits per heavy atom. The van der Waals surface area contributed by atoms with Crippen LogP contribution in [-0.4, -0.2) is 68.5 Å². The van der Waals surface area contributed by atoms with E-state index < -0.39 is 29.4 Å². The first-order valence-corrected chi connectivity index (χ1v) is 12.0. The van der Waals surface area contributed by atoms with Crippen molar-refractivity contribution in [1.82, 2.24) is 0 Å². The van der Waals surface area contributed by atoms with Crippen molar-refractivity contribution in [3.63, 3.8) is 0 Å². The standard InChI is InChI=1S/C28H28N4O8/c1-18(2)16-39-26(35)20-11-7-9-13-23(20)32-28(3,14-22(31-32)27(36)38-5)17-40-25(34)19-10-6-8-12-21(19)30-29-15-24(33)37-4/h6-13H,1,14,16-17H2,2-5H3. The second-order valence-corrected chi connectivity index (χ2v) is 8.97. The Hall–Kier alpha value is -5.09. The van der Waals surface area contributed by atoms with Crippen LogP contribution in [0.4, 0.5) is 5.69 Å². The van der Waals surface area contributed by atoms with Crippen molar-refractivity contribution in [2.24, 2.45) is 15.3 Å². The van der Waals surface area contributed by atoms with E-state index in [2.05, 4.69) is 26.6 Å². The van der Waals surface area contributed by atoms with Crippen LogP contribution in [0.25, 0.3) is 0 Å². The van der Waals surface area contributed by atoms with E-state index in [9.17, 15) is 19.5 Å². The molecule has 1 aromatic carbocycles. The number of hydrogen-bond acceptors (Lipinski definition) is 12. The molecular formula is C28H28N4O8. The Kier molecular flexibility index (Phi) is 9.66. The van der Waals surface area contributed by atoms with Gasteiger partial charge in [-0.2, -0.15) is 9.90 Å². The van der Waals surface area contributed by atoms with Crippen LogP contribution in [-0.2, 0) is 28.5 Å². The van der Waals surface area contributed by atoms with E-state index in [1.165, 1.54) is 31.4 Å². The molecule has 0 fully saturated rings. The molecule has 1 aromatic rings. The molecule has 1 atom stereocenters. The number of hydrogen-bond donors (Lipinski definition) is 0. The number of carbonyl (C=O) groups is 3. The molecule has 2 aliphatic rings. The second kappa shape index (κ2) is 13.1. The van der Waals surface area contributed by atoms with Crippen LogP contribution >= 0.6 is 0 Å². The van der Waals surface area contributed by atoms with Crippen LogP contribution in [0.2, 0.25) is 0 Å². The first kappa shape index (κ1) is 29.5. The number of rotatable bonds is 10. The van der Waals surface area contributed by atoms with Crippen molar-refractivity contribution in [2.75, 3.05) is 32.4 Å².